The van der Waals surface area contributed by atoms with Crippen LogP contribution in [0.4, 0.5) is 14.5 Å². The van der Waals surface area contributed by atoms with Crippen molar-refractivity contribution in [1.29, 1.82) is 0 Å². The molecular weight excluding hydrogens is 512 g/mol. The summed E-state index contributed by atoms with van der Waals surface area (Å²) >= 11 is 0. The number of alkyl halides is 2. The van der Waals surface area contributed by atoms with E-state index >= 15 is 0 Å². The average Bonchev–Trinajstić information content (AvgIpc) is 3.62. The second-order valence-electron chi connectivity index (χ2n) is 9.27. The van der Waals surface area contributed by atoms with Crippen molar-refractivity contribution >= 4 is 17.2 Å². The van der Waals surface area contributed by atoms with Crippen LogP contribution in [-0.2, 0) is 6.54 Å². The lowest BCUT2D eigenvalue weighted by atomic mass is 10.1. The molecule has 1 saturated heterocycles. The standard InChI is InChI=1S/C24H23F2N11O2/c1-14-4-5-19(39-24(25)26)16(8-14)21-18(29-23(38)17-9-28-36-7-3-6-27-22(17)36)12-35(32-21)13-20-30-33-37(31-20)15-10-34(2)11-15/h3-9,12,15,24H,10-11,13H2,1-2H3,(H,29,38). The van der Waals surface area contributed by atoms with Crippen LogP contribution in [-0.4, -0.2) is 82.1 Å². The van der Waals surface area contributed by atoms with Crippen LogP contribution >= 0.6 is 0 Å². The predicted octanol–water partition coefficient (Wildman–Crippen LogP) is 2.28. The van der Waals surface area contributed by atoms with Crippen LogP contribution in [0.3, 0.4) is 0 Å². The van der Waals surface area contributed by atoms with Gasteiger partial charge in [-0.2, -0.15) is 23.8 Å². The van der Waals surface area contributed by atoms with Crippen molar-refractivity contribution in [3.8, 4) is 17.0 Å². The van der Waals surface area contributed by atoms with E-state index < -0.39 is 12.5 Å². The lowest BCUT2D eigenvalue weighted by molar-refractivity contribution is -0.0494. The van der Waals surface area contributed by atoms with Crippen molar-refractivity contribution < 1.29 is 18.3 Å². The van der Waals surface area contributed by atoms with E-state index in [1.165, 1.54) is 21.5 Å². The summed E-state index contributed by atoms with van der Waals surface area (Å²) in [4.78, 5) is 21.2. The number of anilines is 1. The Kier molecular flexibility index (Phi) is 6.18. The van der Waals surface area contributed by atoms with E-state index in [0.717, 1.165) is 18.7 Å². The van der Waals surface area contributed by atoms with Gasteiger partial charge in [0.15, 0.2) is 11.5 Å². The highest BCUT2D eigenvalue weighted by Crippen LogP contribution is 2.36. The number of ether oxygens (including phenoxy) is 1. The minimum atomic E-state index is -3.04. The molecule has 1 aromatic carbocycles. The van der Waals surface area contributed by atoms with Gasteiger partial charge in [0.2, 0.25) is 0 Å². The number of halogens is 2. The molecule has 5 heterocycles. The number of nitrogens with one attached hydrogen (secondary N) is 1. The third kappa shape index (κ3) is 4.90. The van der Waals surface area contributed by atoms with Crippen LogP contribution in [0, 0.1) is 6.92 Å². The summed E-state index contributed by atoms with van der Waals surface area (Å²) in [5, 5.41) is 24.3. The van der Waals surface area contributed by atoms with Crippen molar-refractivity contribution in [2.24, 2.45) is 0 Å². The van der Waals surface area contributed by atoms with Crippen LogP contribution in [0.15, 0.2) is 49.1 Å². The van der Waals surface area contributed by atoms with Gasteiger partial charge in [-0.15, -0.1) is 10.2 Å². The highest BCUT2D eigenvalue weighted by Gasteiger charge is 2.27. The molecule has 1 fully saturated rings. The van der Waals surface area contributed by atoms with Gasteiger partial charge in [0.05, 0.1) is 17.9 Å². The quantitative estimate of drug-likeness (QED) is 0.318. The highest BCUT2D eigenvalue weighted by atomic mass is 19.3. The van der Waals surface area contributed by atoms with Gasteiger partial charge < -0.3 is 15.0 Å². The maximum Gasteiger partial charge on any atom is 0.387 e. The zero-order valence-corrected chi connectivity index (χ0v) is 20.9. The third-order valence-electron chi connectivity index (χ3n) is 6.28. The maximum atomic E-state index is 13.3. The Labute approximate surface area is 220 Å². The normalized spacial score (nSPS) is 14.2. The summed E-state index contributed by atoms with van der Waals surface area (Å²) in [7, 11) is 2.01. The van der Waals surface area contributed by atoms with Crippen LogP contribution in [0.25, 0.3) is 16.9 Å². The SMILES string of the molecule is Cc1ccc(OC(F)F)c(-c2nn(Cc3nnn(C4CN(C)C4)n3)cc2NC(=O)c2cnn3cccnc23)c1. The number of tetrazole rings is 1. The molecule has 0 spiro atoms. The van der Waals surface area contributed by atoms with Crippen molar-refractivity contribution in [2.45, 2.75) is 26.1 Å². The first kappa shape index (κ1) is 24.5. The van der Waals surface area contributed by atoms with Crippen molar-refractivity contribution in [3.63, 3.8) is 0 Å². The molecule has 0 saturated carbocycles. The van der Waals surface area contributed by atoms with E-state index in [2.05, 4.69) is 40.8 Å². The number of aryl methyl sites for hydroxylation is 1. The molecule has 39 heavy (non-hydrogen) atoms. The van der Waals surface area contributed by atoms with E-state index in [1.54, 1.807) is 41.6 Å². The summed E-state index contributed by atoms with van der Waals surface area (Å²) in [5.74, 6) is -0.157. The molecule has 1 amide bonds. The highest BCUT2D eigenvalue weighted by molar-refractivity contribution is 6.09. The second-order valence-corrected chi connectivity index (χ2v) is 9.27. The number of carbonyl (C=O) groups excluding carboxylic acids is 1. The van der Waals surface area contributed by atoms with Gasteiger partial charge in [-0.25, -0.2) is 9.50 Å². The summed E-state index contributed by atoms with van der Waals surface area (Å²) in [6.07, 6.45) is 6.21. The second kappa shape index (κ2) is 9.83. The number of carbonyl (C=O) groups is 1. The number of fused-ring (bicyclic) bond motifs is 1. The van der Waals surface area contributed by atoms with Gasteiger partial charge >= 0.3 is 6.61 Å². The molecule has 0 unspecified atom stereocenters. The van der Waals surface area contributed by atoms with E-state index in [4.69, 9.17) is 4.74 Å². The predicted molar refractivity (Wildman–Crippen MR) is 133 cm³/mol. The van der Waals surface area contributed by atoms with Crippen LogP contribution in [0.1, 0.15) is 27.8 Å². The van der Waals surface area contributed by atoms with Crippen molar-refractivity contribution in [3.05, 3.63) is 66.0 Å². The fourth-order valence-electron chi connectivity index (χ4n) is 4.43. The molecule has 1 N–H and O–H groups in total. The Balaban J connectivity index is 1.36. The minimum absolute atomic E-state index is 0.0767. The lowest BCUT2D eigenvalue weighted by Crippen LogP contribution is -2.45. The zero-order chi connectivity index (χ0) is 27.1. The fourth-order valence-corrected chi connectivity index (χ4v) is 4.43. The first-order valence-corrected chi connectivity index (χ1v) is 12.0. The Bertz CT molecular complexity index is 1650. The van der Waals surface area contributed by atoms with Gasteiger partial charge in [0.25, 0.3) is 5.91 Å². The number of likely N-dealkylation sites (N-methyl/N-ethyl adjacent to an activating group) is 1. The summed E-state index contributed by atoms with van der Waals surface area (Å²) in [5.41, 5.74) is 2.19. The van der Waals surface area contributed by atoms with Crippen LogP contribution < -0.4 is 10.1 Å². The molecule has 6 rings (SSSR count). The largest absolute Gasteiger partial charge is 0.434 e. The number of hydrogen-bond donors (Lipinski definition) is 1. The third-order valence-corrected chi connectivity index (χ3v) is 6.28. The van der Waals surface area contributed by atoms with E-state index in [-0.39, 0.29) is 40.8 Å². The van der Waals surface area contributed by atoms with Crippen molar-refractivity contribution in [1.82, 2.24) is 49.5 Å². The topological polar surface area (TPSA) is 133 Å². The number of nitrogens with zero attached hydrogens (tertiary/aromatic N) is 10. The number of amides is 1. The fraction of sp³-hybridized carbons (Fsp3) is 0.292. The van der Waals surface area contributed by atoms with Gasteiger partial charge in [0.1, 0.15) is 23.6 Å². The van der Waals surface area contributed by atoms with E-state index in [0.29, 0.717) is 11.5 Å². The first-order chi connectivity index (χ1) is 18.8. The molecule has 0 bridgehead atoms. The smallest absolute Gasteiger partial charge is 0.387 e. The zero-order valence-electron chi connectivity index (χ0n) is 20.9. The molecule has 15 heteroatoms. The van der Waals surface area contributed by atoms with Gasteiger partial charge in [0, 0.05) is 37.2 Å². The molecular formula is C24H23F2N11O2. The molecule has 1 aliphatic heterocycles. The Hall–Kier alpha value is -4.79. The summed E-state index contributed by atoms with van der Waals surface area (Å²) in [6, 6.07) is 6.61. The van der Waals surface area contributed by atoms with E-state index in [9.17, 15) is 13.6 Å². The van der Waals surface area contributed by atoms with E-state index in [1.807, 2.05) is 14.0 Å². The average molecular weight is 536 g/mol. The summed E-state index contributed by atoms with van der Waals surface area (Å²) < 4.78 is 34.2. The first-order valence-electron chi connectivity index (χ1n) is 12.0. The number of benzene rings is 1. The molecule has 1 aliphatic rings. The van der Waals surface area contributed by atoms with Crippen molar-refractivity contribution in [2.75, 3.05) is 25.5 Å². The molecule has 13 nitrogen and oxygen atoms in total. The number of likely N-dealkylation sites (tertiary alicyclic amines) is 1. The monoisotopic (exact) mass is 535 g/mol. The summed E-state index contributed by atoms with van der Waals surface area (Å²) in [6.45, 7) is 0.574. The van der Waals surface area contributed by atoms with Crippen LogP contribution in [0.5, 0.6) is 5.75 Å². The molecule has 0 atom stereocenters. The Morgan fingerprint density at radius 3 is 2.90 bits per heavy atom. The minimum Gasteiger partial charge on any atom is -0.434 e. The Morgan fingerprint density at radius 2 is 2.10 bits per heavy atom. The number of hydrogen-bond acceptors (Lipinski definition) is 9. The van der Waals surface area contributed by atoms with Gasteiger partial charge in [-0.1, -0.05) is 11.6 Å². The van der Waals surface area contributed by atoms with Gasteiger partial charge in [-0.3, -0.25) is 9.48 Å². The molecule has 0 radical (unpaired) electrons. The lowest BCUT2D eigenvalue weighted by Gasteiger charge is -2.34. The molecule has 0 aliphatic carbocycles. The number of aromatic nitrogens is 9. The van der Waals surface area contributed by atoms with Gasteiger partial charge in [-0.05, 0) is 37.4 Å². The maximum absolute atomic E-state index is 13.3. The molecule has 4 aromatic heterocycles. The van der Waals surface area contributed by atoms with Crippen LogP contribution in [0.2, 0.25) is 0 Å². The molecule has 200 valence electrons. The number of rotatable bonds is 8. The Morgan fingerprint density at radius 1 is 1.26 bits per heavy atom. The molecule has 5 aromatic rings.